The molecule has 1 rings (SSSR count). The van der Waals surface area contributed by atoms with Crippen LogP contribution in [0.1, 0.15) is 33.5 Å². The minimum atomic E-state index is -0.531. The molecule has 4 N–H and O–H groups in total. The van der Waals surface area contributed by atoms with E-state index in [1.54, 1.807) is 39.2 Å². The summed E-state index contributed by atoms with van der Waals surface area (Å²) in [4.78, 5) is 27.6. The highest BCUT2D eigenvalue weighted by Gasteiger charge is 2.15. The predicted molar refractivity (Wildman–Crippen MR) is 98.8 cm³/mol. The van der Waals surface area contributed by atoms with E-state index in [2.05, 4.69) is 26.3 Å². The third-order valence-corrected chi connectivity index (χ3v) is 2.85. The second-order valence-electron chi connectivity index (χ2n) is 6.41. The maximum Gasteiger partial charge on any atom is 0.407 e. The Balaban J connectivity index is 2.29. The number of ether oxygens (including phenoxy) is 1. The summed E-state index contributed by atoms with van der Waals surface area (Å²) in [7, 11) is 0. The number of carbonyl (C=O) groups is 2. The van der Waals surface area contributed by atoms with Crippen LogP contribution in [0, 0.1) is 0 Å². The lowest BCUT2D eigenvalue weighted by atomic mass is 10.2. The van der Waals surface area contributed by atoms with Crippen molar-refractivity contribution < 1.29 is 18.7 Å². The summed E-state index contributed by atoms with van der Waals surface area (Å²) >= 11 is 0. The van der Waals surface area contributed by atoms with Crippen molar-refractivity contribution in [3.63, 3.8) is 0 Å². The summed E-state index contributed by atoms with van der Waals surface area (Å²) in [6.07, 6.45) is 1.08. The molecule has 1 aromatic rings. The lowest BCUT2D eigenvalue weighted by molar-refractivity contribution is -0.119. The average Bonchev–Trinajstić information content (AvgIpc) is 3.06. The fourth-order valence-corrected chi connectivity index (χ4v) is 1.81. The fourth-order valence-electron chi connectivity index (χ4n) is 1.81. The summed E-state index contributed by atoms with van der Waals surface area (Å²) in [5.74, 6) is 0.956. The van der Waals surface area contributed by atoms with Crippen molar-refractivity contribution in [2.75, 3.05) is 26.2 Å². The third-order valence-electron chi connectivity index (χ3n) is 2.85. The predicted octanol–water partition coefficient (Wildman–Crippen LogP) is 0.976. The van der Waals surface area contributed by atoms with E-state index in [1.807, 2.05) is 6.92 Å². The van der Waals surface area contributed by atoms with Crippen LogP contribution in [0.2, 0.25) is 0 Å². The van der Waals surface area contributed by atoms with E-state index in [4.69, 9.17) is 9.15 Å². The number of hydrogen-bond acceptors (Lipinski definition) is 5. The van der Waals surface area contributed by atoms with Gasteiger partial charge in [-0.3, -0.25) is 4.79 Å². The molecule has 0 aliphatic rings. The Morgan fingerprint density at radius 3 is 2.50 bits per heavy atom. The first kappa shape index (κ1) is 21.3. The van der Waals surface area contributed by atoms with E-state index in [-0.39, 0.29) is 12.5 Å². The molecule has 0 bridgehead atoms. The van der Waals surface area contributed by atoms with Gasteiger partial charge in [-0.05, 0) is 39.8 Å². The van der Waals surface area contributed by atoms with Crippen molar-refractivity contribution >= 4 is 18.0 Å². The lowest BCUT2D eigenvalue weighted by Crippen LogP contribution is -2.43. The number of furan rings is 1. The summed E-state index contributed by atoms with van der Waals surface area (Å²) < 4.78 is 10.3. The molecule has 9 heteroatoms. The summed E-state index contributed by atoms with van der Waals surface area (Å²) in [6.45, 7) is 9.10. The van der Waals surface area contributed by atoms with Gasteiger partial charge in [-0.15, -0.1) is 0 Å². The molecule has 0 spiro atoms. The Labute approximate surface area is 154 Å². The summed E-state index contributed by atoms with van der Waals surface area (Å²) in [5.41, 5.74) is -0.531. The summed E-state index contributed by atoms with van der Waals surface area (Å²) in [5, 5.41) is 11.4. The first-order valence-electron chi connectivity index (χ1n) is 8.58. The van der Waals surface area contributed by atoms with Crippen molar-refractivity contribution in [3.05, 3.63) is 24.2 Å². The highest BCUT2D eigenvalue weighted by Crippen LogP contribution is 2.05. The van der Waals surface area contributed by atoms with Crippen LogP contribution in [0.5, 0.6) is 0 Å². The molecule has 26 heavy (non-hydrogen) atoms. The number of carbonyl (C=O) groups excluding carboxylic acids is 2. The Morgan fingerprint density at radius 2 is 1.88 bits per heavy atom. The molecule has 2 amide bonds. The Morgan fingerprint density at radius 1 is 1.15 bits per heavy atom. The standard InChI is InChI=1S/C17H29N5O4/c1-5-18-15(19-8-9-20-16(24)26-17(2,3)4)22-12-14(23)21-11-13-7-6-10-25-13/h6-7,10H,5,8-9,11-12H2,1-4H3,(H,20,24)(H,21,23)(H2,18,19,22). The first-order chi connectivity index (χ1) is 12.3. The number of alkyl carbamates (subject to hydrolysis) is 1. The molecule has 9 nitrogen and oxygen atoms in total. The van der Waals surface area contributed by atoms with Crippen LogP contribution in [0.3, 0.4) is 0 Å². The normalized spacial score (nSPS) is 11.6. The molecule has 0 aliphatic carbocycles. The molecule has 0 fully saturated rings. The largest absolute Gasteiger partial charge is 0.467 e. The van der Waals surface area contributed by atoms with Gasteiger partial charge in [0.15, 0.2) is 5.96 Å². The molecule has 146 valence electrons. The highest BCUT2D eigenvalue weighted by molar-refractivity contribution is 5.84. The maximum absolute atomic E-state index is 11.8. The number of rotatable bonds is 8. The number of guanidine groups is 1. The average molecular weight is 367 g/mol. The van der Waals surface area contributed by atoms with Crippen molar-refractivity contribution in [3.8, 4) is 0 Å². The number of aliphatic imine (C=N–C) groups is 1. The minimum Gasteiger partial charge on any atom is -0.467 e. The van der Waals surface area contributed by atoms with Gasteiger partial charge in [0.1, 0.15) is 17.9 Å². The van der Waals surface area contributed by atoms with Crippen LogP contribution in [0.15, 0.2) is 27.8 Å². The monoisotopic (exact) mass is 367 g/mol. The molecule has 0 aromatic carbocycles. The van der Waals surface area contributed by atoms with Gasteiger partial charge >= 0.3 is 6.09 Å². The molecule has 0 aliphatic heterocycles. The van der Waals surface area contributed by atoms with Crippen LogP contribution < -0.4 is 21.3 Å². The van der Waals surface area contributed by atoms with Gasteiger partial charge in [0.05, 0.1) is 12.8 Å². The van der Waals surface area contributed by atoms with Crippen LogP contribution in [0.25, 0.3) is 0 Å². The second kappa shape index (κ2) is 11.0. The number of hydrogen-bond donors (Lipinski definition) is 4. The molecule has 0 saturated heterocycles. The van der Waals surface area contributed by atoms with Crippen molar-refractivity contribution in [1.82, 2.24) is 21.3 Å². The summed E-state index contributed by atoms with van der Waals surface area (Å²) in [6, 6.07) is 3.55. The zero-order valence-electron chi connectivity index (χ0n) is 15.8. The van der Waals surface area contributed by atoms with Crippen LogP contribution in [-0.4, -0.2) is 49.7 Å². The zero-order chi connectivity index (χ0) is 19.4. The topological polar surface area (TPSA) is 117 Å². The first-order valence-corrected chi connectivity index (χ1v) is 8.58. The van der Waals surface area contributed by atoms with Gasteiger partial charge < -0.3 is 30.4 Å². The maximum atomic E-state index is 11.8. The highest BCUT2D eigenvalue weighted by atomic mass is 16.6. The van der Waals surface area contributed by atoms with E-state index in [0.717, 1.165) is 0 Å². The van der Waals surface area contributed by atoms with E-state index in [0.29, 0.717) is 37.9 Å². The van der Waals surface area contributed by atoms with Gasteiger partial charge in [-0.1, -0.05) is 0 Å². The number of nitrogens with one attached hydrogen (secondary N) is 4. The van der Waals surface area contributed by atoms with Gasteiger partial charge in [-0.25, -0.2) is 9.79 Å². The van der Waals surface area contributed by atoms with Crippen LogP contribution in [0.4, 0.5) is 4.79 Å². The quantitative estimate of drug-likeness (QED) is 0.309. The van der Waals surface area contributed by atoms with Gasteiger partial charge in [0.2, 0.25) is 5.91 Å². The smallest absolute Gasteiger partial charge is 0.407 e. The van der Waals surface area contributed by atoms with Gasteiger partial charge in [-0.2, -0.15) is 0 Å². The van der Waals surface area contributed by atoms with Gasteiger partial charge in [0.25, 0.3) is 0 Å². The molecule has 0 radical (unpaired) electrons. The third kappa shape index (κ3) is 10.2. The lowest BCUT2D eigenvalue weighted by Gasteiger charge is -2.19. The van der Waals surface area contributed by atoms with Gasteiger partial charge in [0, 0.05) is 19.6 Å². The molecule has 1 heterocycles. The Hall–Kier alpha value is -2.71. The molecule has 0 unspecified atom stereocenters. The van der Waals surface area contributed by atoms with E-state index in [1.165, 1.54) is 0 Å². The minimum absolute atomic E-state index is 0.0183. The second-order valence-corrected chi connectivity index (χ2v) is 6.41. The van der Waals surface area contributed by atoms with E-state index >= 15 is 0 Å². The van der Waals surface area contributed by atoms with E-state index < -0.39 is 11.7 Å². The SMILES string of the molecule is CCNC(=NCC(=O)NCc1ccco1)NCCNC(=O)OC(C)(C)C. The molecule has 1 aromatic heterocycles. The van der Waals surface area contributed by atoms with Crippen molar-refractivity contribution in [2.45, 2.75) is 39.8 Å². The fraction of sp³-hybridized carbons (Fsp3) is 0.588. The molecular formula is C17H29N5O4. The van der Waals surface area contributed by atoms with Crippen LogP contribution >= 0.6 is 0 Å². The molecular weight excluding hydrogens is 338 g/mol. The van der Waals surface area contributed by atoms with Crippen molar-refractivity contribution in [1.29, 1.82) is 0 Å². The number of nitrogens with zero attached hydrogens (tertiary/aromatic N) is 1. The zero-order valence-corrected chi connectivity index (χ0v) is 15.8. The van der Waals surface area contributed by atoms with Crippen molar-refractivity contribution in [2.24, 2.45) is 4.99 Å². The molecule has 0 saturated carbocycles. The van der Waals surface area contributed by atoms with E-state index in [9.17, 15) is 9.59 Å². The number of amides is 2. The molecule has 0 atom stereocenters. The Bertz CT molecular complexity index is 578. The Kier molecular flexibility index (Phi) is 9.04. The van der Waals surface area contributed by atoms with Crippen LogP contribution in [-0.2, 0) is 16.1 Å².